The third kappa shape index (κ3) is 5.34. The minimum Gasteiger partial charge on any atom is -0.481 e. The Labute approximate surface area is 163 Å². The molecule has 1 aromatic heterocycles. The highest BCUT2D eigenvalue weighted by molar-refractivity contribution is 5.96. The lowest BCUT2D eigenvalue weighted by Gasteiger charge is -2.33. The molecule has 3 amide bonds. The molecule has 1 fully saturated rings. The second-order valence-corrected chi connectivity index (χ2v) is 7.38. The van der Waals surface area contributed by atoms with Gasteiger partial charge in [-0.15, -0.1) is 0 Å². The number of piperidine rings is 1. The lowest BCUT2D eigenvalue weighted by molar-refractivity contribution is -0.147. The number of nitrogens with one attached hydrogen (secondary N) is 1. The molecule has 2 unspecified atom stereocenters. The lowest BCUT2D eigenvalue weighted by atomic mass is 9.98. The van der Waals surface area contributed by atoms with Crippen LogP contribution in [0.2, 0.25) is 0 Å². The van der Waals surface area contributed by atoms with Gasteiger partial charge in [-0.1, -0.05) is 13.8 Å². The van der Waals surface area contributed by atoms with Gasteiger partial charge in [0, 0.05) is 20.1 Å². The van der Waals surface area contributed by atoms with Crippen LogP contribution < -0.4 is 5.32 Å². The van der Waals surface area contributed by atoms with Gasteiger partial charge in [-0.3, -0.25) is 19.2 Å². The van der Waals surface area contributed by atoms with E-state index in [-0.39, 0.29) is 30.7 Å². The van der Waals surface area contributed by atoms with Crippen LogP contribution in [0.4, 0.5) is 0 Å². The van der Waals surface area contributed by atoms with Gasteiger partial charge in [0.15, 0.2) is 5.76 Å². The molecule has 9 nitrogen and oxygen atoms in total. The maximum Gasteiger partial charge on any atom is 0.308 e. The number of carbonyl (C=O) groups excluding carboxylic acids is 3. The van der Waals surface area contributed by atoms with E-state index in [0.29, 0.717) is 19.4 Å². The first-order chi connectivity index (χ1) is 13.2. The fourth-order valence-electron chi connectivity index (χ4n) is 3.16. The average Bonchev–Trinajstić information content (AvgIpc) is 3.20. The molecule has 1 saturated heterocycles. The molecule has 28 heavy (non-hydrogen) atoms. The number of hydrogen-bond acceptors (Lipinski definition) is 5. The van der Waals surface area contributed by atoms with Crippen LogP contribution in [0.3, 0.4) is 0 Å². The predicted molar refractivity (Wildman–Crippen MR) is 99.4 cm³/mol. The number of carboxylic acids is 1. The largest absolute Gasteiger partial charge is 0.481 e. The van der Waals surface area contributed by atoms with E-state index in [0.717, 1.165) is 0 Å². The van der Waals surface area contributed by atoms with Crippen molar-refractivity contribution < 1.29 is 28.7 Å². The first-order valence-corrected chi connectivity index (χ1v) is 9.30. The van der Waals surface area contributed by atoms with E-state index in [1.54, 1.807) is 19.9 Å². The van der Waals surface area contributed by atoms with E-state index in [1.807, 2.05) is 0 Å². The maximum absolute atomic E-state index is 12.8. The molecule has 0 saturated carbocycles. The zero-order chi connectivity index (χ0) is 20.8. The molecule has 0 radical (unpaired) electrons. The number of rotatable bonds is 7. The van der Waals surface area contributed by atoms with Crippen LogP contribution in [0.25, 0.3) is 0 Å². The summed E-state index contributed by atoms with van der Waals surface area (Å²) in [6, 6.07) is 2.26. The summed E-state index contributed by atoms with van der Waals surface area (Å²) in [6.07, 6.45) is 2.53. The van der Waals surface area contributed by atoms with Crippen LogP contribution >= 0.6 is 0 Å². The molecule has 0 aromatic carbocycles. The van der Waals surface area contributed by atoms with Crippen LogP contribution in [0.5, 0.6) is 0 Å². The van der Waals surface area contributed by atoms with Crippen molar-refractivity contribution >= 4 is 23.7 Å². The van der Waals surface area contributed by atoms with Gasteiger partial charge in [-0.05, 0) is 30.9 Å². The number of likely N-dealkylation sites (N-methyl/N-ethyl adjacent to an activating group) is 1. The monoisotopic (exact) mass is 393 g/mol. The van der Waals surface area contributed by atoms with Crippen LogP contribution in [0.15, 0.2) is 22.8 Å². The first-order valence-electron chi connectivity index (χ1n) is 9.30. The molecule has 1 aromatic rings. The molecular weight excluding hydrogens is 366 g/mol. The van der Waals surface area contributed by atoms with E-state index >= 15 is 0 Å². The van der Waals surface area contributed by atoms with Crippen molar-refractivity contribution in [1.82, 2.24) is 15.1 Å². The fraction of sp³-hybridized carbons (Fsp3) is 0.579. The summed E-state index contributed by atoms with van der Waals surface area (Å²) in [6.45, 7) is 4.04. The number of likely N-dealkylation sites (tertiary alicyclic amines) is 1. The second kappa shape index (κ2) is 9.38. The van der Waals surface area contributed by atoms with Gasteiger partial charge in [0.25, 0.3) is 5.91 Å². The van der Waals surface area contributed by atoms with Crippen molar-refractivity contribution in [3.05, 3.63) is 24.2 Å². The molecule has 2 rings (SSSR count). The van der Waals surface area contributed by atoms with Gasteiger partial charge < -0.3 is 24.6 Å². The average molecular weight is 393 g/mol. The first kappa shape index (κ1) is 21.5. The summed E-state index contributed by atoms with van der Waals surface area (Å²) in [7, 11) is 1.49. The predicted octanol–water partition coefficient (Wildman–Crippen LogP) is 0.816. The Hall–Kier alpha value is -2.84. The zero-order valence-electron chi connectivity index (χ0n) is 16.4. The van der Waals surface area contributed by atoms with Crippen LogP contribution in [0, 0.1) is 11.8 Å². The van der Waals surface area contributed by atoms with Gasteiger partial charge in [0.05, 0.1) is 18.7 Å². The Bertz CT molecular complexity index is 715. The van der Waals surface area contributed by atoms with Crippen molar-refractivity contribution in [2.24, 2.45) is 11.8 Å². The van der Waals surface area contributed by atoms with Gasteiger partial charge in [0.1, 0.15) is 6.04 Å². The van der Waals surface area contributed by atoms with Crippen molar-refractivity contribution in [2.75, 3.05) is 26.7 Å². The Kier molecular flexibility index (Phi) is 7.19. The lowest BCUT2D eigenvalue weighted by Crippen LogP contribution is -2.53. The summed E-state index contributed by atoms with van der Waals surface area (Å²) in [5.74, 6) is -2.79. The standard InChI is InChI=1S/C19H27N3O6/c1-12(2)16(20-17(24)14-7-5-9-28-14)18(25)21(3)11-15(23)22-8-4-6-13(10-22)19(26)27/h5,7,9,12-13,16H,4,6,8,10-11H2,1-3H3,(H,20,24)(H,26,27). The molecule has 2 heterocycles. The zero-order valence-corrected chi connectivity index (χ0v) is 16.4. The van der Waals surface area contributed by atoms with E-state index in [9.17, 15) is 19.2 Å². The highest BCUT2D eigenvalue weighted by atomic mass is 16.4. The molecule has 2 N–H and O–H groups in total. The highest BCUT2D eigenvalue weighted by Gasteiger charge is 2.32. The Morgan fingerprint density at radius 3 is 2.64 bits per heavy atom. The second-order valence-electron chi connectivity index (χ2n) is 7.38. The SMILES string of the molecule is CC(C)C(NC(=O)c1ccco1)C(=O)N(C)CC(=O)N1CCCC(C(=O)O)C1. The topological polar surface area (TPSA) is 120 Å². The summed E-state index contributed by atoms with van der Waals surface area (Å²) in [4.78, 5) is 51.4. The van der Waals surface area contributed by atoms with E-state index in [4.69, 9.17) is 9.52 Å². The van der Waals surface area contributed by atoms with Crippen LogP contribution in [-0.4, -0.2) is 71.3 Å². The normalized spacial score (nSPS) is 17.9. The minimum atomic E-state index is -0.914. The van der Waals surface area contributed by atoms with Gasteiger partial charge >= 0.3 is 5.97 Å². The third-order valence-electron chi connectivity index (χ3n) is 4.84. The molecule has 1 aliphatic rings. The van der Waals surface area contributed by atoms with Crippen molar-refractivity contribution in [2.45, 2.75) is 32.7 Å². The molecule has 1 aliphatic heterocycles. The maximum atomic E-state index is 12.8. The van der Waals surface area contributed by atoms with Crippen LogP contribution in [-0.2, 0) is 14.4 Å². The summed E-state index contributed by atoms with van der Waals surface area (Å²) in [5, 5.41) is 11.8. The Morgan fingerprint density at radius 1 is 1.36 bits per heavy atom. The number of nitrogens with zero attached hydrogens (tertiary/aromatic N) is 2. The summed E-state index contributed by atoms with van der Waals surface area (Å²) >= 11 is 0. The molecule has 154 valence electrons. The summed E-state index contributed by atoms with van der Waals surface area (Å²) in [5.41, 5.74) is 0. The van der Waals surface area contributed by atoms with Gasteiger partial charge in [-0.2, -0.15) is 0 Å². The Balaban J connectivity index is 1.97. The number of aliphatic carboxylic acids is 1. The number of amides is 3. The highest BCUT2D eigenvalue weighted by Crippen LogP contribution is 2.17. The third-order valence-corrected chi connectivity index (χ3v) is 4.84. The number of carboxylic acid groups (broad SMARTS) is 1. The van der Waals surface area contributed by atoms with Crippen LogP contribution in [0.1, 0.15) is 37.2 Å². The van der Waals surface area contributed by atoms with Gasteiger partial charge in [-0.25, -0.2) is 0 Å². The fourth-order valence-corrected chi connectivity index (χ4v) is 3.16. The van der Waals surface area contributed by atoms with Crippen molar-refractivity contribution in [3.8, 4) is 0 Å². The molecule has 9 heteroatoms. The van der Waals surface area contributed by atoms with Crippen molar-refractivity contribution in [3.63, 3.8) is 0 Å². The van der Waals surface area contributed by atoms with Crippen molar-refractivity contribution in [1.29, 1.82) is 0 Å². The molecule has 0 spiro atoms. The van der Waals surface area contributed by atoms with Gasteiger partial charge in [0.2, 0.25) is 11.8 Å². The summed E-state index contributed by atoms with van der Waals surface area (Å²) < 4.78 is 5.04. The molecule has 2 atom stereocenters. The van der Waals surface area contributed by atoms with E-state index < -0.39 is 29.7 Å². The van der Waals surface area contributed by atoms with E-state index in [2.05, 4.69) is 5.32 Å². The number of carbonyl (C=O) groups is 4. The quantitative estimate of drug-likeness (QED) is 0.707. The minimum absolute atomic E-state index is 0.102. The smallest absolute Gasteiger partial charge is 0.308 e. The van der Waals surface area contributed by atoms with E-state index in [1.165, 1.54) is 29.2 Å². The number of hydrogen-bond donors (Lipinski definition) is 2. The molecular formula is C19H27N3O6. The number of furan rings is 1. The molecule has 0 aliphatic carbocycles. The molecule has 0 bridgehead atoms. The Morgan fingerprint density at radius 2 is 2.07 bits per heavy atom.